The number of alkyl halides is 4. The quantitative estimate of drug-likeness (QED) is 0.516. The molecule has 0 heterocycles. The van der Waals surface area contributed by atoms with Gasteiger partial charge in [0.15, 0.2) is 12.3 Å². The Morgan fingerprint density at radius 1 is 1.08 bits per heavy atom. The third-order valence-corrected chi connectivity index (χ3v) is 1.36. The van der Waals surface area contributed by atoms with Gasteiger partial charge in [0.25, 0.3) is 0 Å². The first-order valence-corrected chi connectivity index (χ1v) is 3.40. The fraction of sp³-hybridized carbons (Fsp3) is 1.00. The third-order valence-electron chi connectivity index (χ3n) is 1.36. The lowest BCUT2D eigenvalue weighted by Gasteiger charge is -2.17. The first-order valence-electron chi connectivity index (χ1n) is 3.40. The van der Waals surface area contributed by atoms with Crippen LogP contribution >= 0.6 is 0 Å². The molecule has 0 aromatic carbocycles. The molecule has 0 bridgehead atoms. The molecule has 0 rings (SSSR count). The maximum absolute atomic E-state index is 12.4. The fourth-order valence-corrected chi connectivity index (χ4v) is 0.639. The number of nitrogens with one attached hydrogen (secondary N) is 1. The molecule has 0 fully saturated rings. The zero-order valence-corrected chi connectivity index (χ0v) is 6.41. The van der Waals surface area contributed by atoms with Gasteiger partial charge in [0.05, 0.1) is 6.54 Å². The molecule has 4 unspecified atom stereocenters. The Morgan fingerprint density at radius 3 is 1.92 bits per heavy atom. The molecule has 1 nitrogen and oxygen atoms in total. The van der Waals surface area contributed by atoms with E-state index >= 15 is 0 Å². The summed E-state index contributed by atoms with van der Waals surface area (Å²) in [5.74, 6) is 0. The monoisotopic (exact) mass is 191 g/mol. The van der Waals surface area contributed by atoms with Gasteiger partial charge in [0.1, 0.15) is 12.3 Å². The molecule has 0 aromatic heterocycles. The van der Waals surface area contributed by atoms with E-state index in [1.807, 2.05) is 0 Å². The second-order valence-electron chi connectivity index (χ2n) is 2.42. The van der Waals surface area contributed by atoms with Crippen LogP contribution in [-0.4, -0.2) is 31.2 Å². The summed E-state index contributed by atoms with van der Waals surface area (Å²) in [7, 11) is 0. The molecular weight excluding hydrogens is 181 g/mol. The fourth-order valence-electron chi connectivity index (χ4n) is 0.639. The highest BCUT2D eigenvalue weighted by Crippen LogP contribution is 2.16. The number of hydrogen-bond donors (Lipinski definition) is 1. The Labute approximate surface area is 66.9 Å². The lowest BCUT2D eigenvalue weighted by molar-refractivity contribution is 0.0330. The average molecular weight is 191 g/mol. The predicted octanol–water partition coefficient (Wildman–Crippen LogP) is 1.83. The largest absolute Gasteiger partial charge is 0.244 e. The third kappa shape index (κ3) is 3.34. The Morgan fingerprint density at radius 2 is 1.58 bits per heavy atom. The van der Waals surface area contributed by atoms with Crippen molar-refractivity contribution in [1.29, 1.82) is 0 Å². The molecule has 0 aromatic rings. The van der Waals surface area contributed by atoms with Crippen molar-refractivity contribution >= 4 is 0 Å². The van der Waals surface area contributed by atoms with Crippen LogP contribution in [0.4, 0.5) is 22.0 Å². The van der Waals surface area contributed by atoms with E-state index in [-0.39, 0.29) is 0 Å². The maximum Gasteiger partial charge on any atom is 0.166 e. The van der Waals surface area contributed by atoms with Crippen LogP contribution in [0.2, 0.25) is 0 Å². The zero-order chi connectivity index (χ0) is 9.72. The molecule has 0 aliphatic carbocycles. The van der Waals surface area contributed by atoms with Gasteiger partial charge in [-0.15, -0.1) is 4.48 Å². The van der Waals surface area contributed by atoms with Crippen molar-refractivity contribution in [2.45, 2.75) is 31.6 Å². The summed E-state index contributed by atoms with van der Waals surface area (Å²) in [6, 6.07) is 0. The Bertz CT molecular complexity index is 121. The van der Waals surface area contributed by atoms with E-state index in [1.54, 1.807) is 0 Å². The molecule has 1 N–H and O–H groups in total. The summed E-state index contributed by atoms with van der Waals surface area (Å²) in [6.45, 7) is -0.207. The summed E-state index contributed by atoms with van der Waals surface area (Å²) < 4.78 is 60.4. The Balaban J connectivity index is 3.90. The van der Waals surface area contributed by atoms with Crippen LogP contribution in [0.25, 0.3) is 0 Å². The molecular formula is C6H10F5N. The number of halogens is 5. The van der Waals surface area contributed by atoms with Gasteiger partial charge in [0.2, 0.25) is 0 Å². The van der Waals surface area contributed by atoms with E-state index in [4.69, 9.17) is 0 Å². The zero-order valence-electron chi connectivity index (χ0n) is 6.41. The normalized spacial score (nSPS) is 21.5. The molecule has 6 heteroatoms. The smallest absolute Gasteiger partial charge is 0.166 e. The molecule has 0 radical (unpaired) electrons. The van der Waals surface area contributed by atoms with Gasteiger partial charge in [-0.3, -0.25) is 0 Å². The van der Waals surface area contributed by atoms with Crippen LogP contribution in [0, 0.1) is 0 Å². The molecule has 0 spiro atoms. The van der Waals surface area contributed by atoms with Crippen molar-refractivity contribution in [2.75, 3.05) is 6.54 Å². The van der Waals surface area contributed by atoms with Crippen molar-refractivity contribution in [2.24, 2.45) is 0 Å². The van der Waals surface area contributed by atoms with Crippen molar-refractivity contribution < 1.29 is 22.0 Å². The van der Waals surface area contributed by atoms with Crippen LogP contribution in [0.5, 0.6) is 0 Å². The highest BCUT2D eigenvalue weighted by Gasteiger charge is 2.33. The second kappa shape index (κ2) is 5.29. The van der Waals surface area contributed by atoms with E-state index < -0.39 is 31.2 Å². The molecule has 0 aliphatic heterocycles. The summed E-state index contributed by atoms with van der Waals surface area (Å²) in [6.07, 6.45) is -9.65. The summed E-state index contributed by atoms with van der Waals surface area (Å²) in [5.41, 5.74) is 0.838. The van der Waals surface area contributed by atoms with Gasteiger partial charge < -0.3 is 0 Å². The topological polar surface area (TPSA) is 12.0 Å². The van der Waals surface area contributed by atoms with Gasteiger partial charge in [0, 0.05) is 0 Å². The number of hydrogen-bond acceptors (Lipinski definition) is 1. The molecule has 12 heavy (non-hydrogen) atoms. The Hall–Kier alpha value is -0.390. The van der Waals surface area contributed by atoms with Gasteiger partial charge >= 0.3 is 0 Å². The van der Waals surface area contributed by atoms with Gasteiger partial charge in [-0.05, 0) is 6.92 Å². The van der Waals surface area contributed by atoms with Crippen LogP contribution in [0.1, 0.15) is 6.92 Å². The lowest BCUT2D eigenvalue weighted by Crippen LogP contribution is -2.37. The van der Waals surface area contributed by atoms with Crippen molar-refractivity contribution in [1.82, 2.24) is 5.54 Å². The minimum atomic E-state index is -2.63. The van der Waals surface area contributed by atoms with E-state index in [2.05, 4.69) is 0 Å². The van der Waals surface area contributed by atoms with Gasteiger partial charge in [-0.2, -0.15) is 5.54 Å². The predicted molar refractivity (Wildman–Crippen MR) is 34.4 cm³/mol. The van der Waals surface area contributed by atoms with E-state index in [1.165, 1.54) is 0 Å². The first kappa shape index (κ1) is 11.6. The Kier molecular flexibility index (Phi) is 5.12. The van der Waals surface area contributed by atoms with Gasteiger partial charge in [-0.25, -0.2) is 17.6 Å². The molecule has 4 atom stereocenters. The lowest BCUT2D eigenvalue weighted by atomic mass is 10.1. The van der Waals surface area contributed by atoms with Crippen LogP contribution < -0.4 is 5.54 Å². The number of rotatable bonds is 5. The highest BCUT2D eigenvalue weighted by atomic mass is 19.2. The van der Waals surface area contributed by atoms with E-state index in [0.717, 1.165) is 12.5 Å². The van der Waals surface area contributed by atoms with Gasteiger partial charge in [-0.1, -0.05) is 0 Å². The van der Waals surface area contributed by atoms with E-state index in [0.29, 0.717) is 0 Å². The molecule has 74 valence electrons. The summed E-state index contributed by atoms with van der Waals surface area (Å²) in [4.78, 5) is 0. The minimum Gasteiger partial charge on any atom is -0.244 e. The van der Waals surface area contributed by atoms with Crippen LogP contribution in [-0.2, 0) is 0 Å². The maximum atomic E-state index is 12.4. The standard InChI is InChI=1S/C6H10F5N/c1-3(7)5(9)6(10)4(8)2-12-11/h3-6,12H,2H2,1H3. The summed E-state index contributed by atoms with van der Waals surface area (Å²) >= 11 is 0. The molecule has 0 amide bonds. The minimum absolute atomic E-state index is 0.771. The SMILES string of the molecule is CC(F)C(F)C(F)C(F)CNF. The second-order valence-corrected chi connectivity index (χ2v) is 2.42. The van der Waals surface area contributed by atoms with E-state index in [9.17, 15) is 22.0 Å². The van der Waals surface area contributed by atoms with Crippen molar-refractivity contribution in [3.63, 3.8) is 0 Å². The highest BCUT2D eigenvalue weighted by molar-refractivity contribution is 4.80. The average Bonchev–Trinajstić information content (AvgIpc) is 2.02. The van der Waals surface area contributed by atoms with Crippen molar-refractivity contribution in [3.05, 3.63) is 0 Å². The molecule has 0 saturated carbocycles. The molecule has 0 aliphatic rings. The molecule has 0 saturated heterocycles. The van der Waals surface area contributed by atoms with Crippen LogP contribution in [0.3, 0.4) is 0 Å². The van der Waals surface area contributed by atoms with Crippen molar-refractivity contribution in [3.8, 4) is 0 Å². The first-order chi connectivity index (χ1) is 5.50. The summed E-state index contributed by atoms with van der Waals surface area (Å²) in [5, 5.41) is 0. The van der Waals surface area contributed by atoms with Crippen LogP contribution in [0.15, 0.2) is 0 Å².